The van der Waals surface area contributed by atoms with E-state index in [1.165, 1.54) is 0 Å². The lowest BCUT2D eigenvalue weighted by atomic mass is 10.4. The Morgan fingerprint density at radius 1 is 1.18 bits per heavy atom. The van der Waals surface area contributed by atoms with Crippen LogP contribution in [0.4, 0.5) is 5.82 Å². The summed E-state index contributed by atoms with van der Waals surface area (Å²) in [7, 11) is 1.92. The summed E-state index contributed by atoms with van der Waals surface area (Å²) < 4.78 is 3.76. The van der Waals surface area contributed by atoms with Crippen LogP contribution in [-0.4, -0.2) is 24.1 Å². The largest absolute Gasteiger partial charge is 0.361 e. The molecule has 0 aliphatic rings. The molecule has 0 aromatic carbocycles. The van der Waals surface area contributed by atoms with Gasteiger partial charge in [-0.1, -0.05) is 0 Å². The fraction of sp³-hybridized carbons (Fsp3) is 0.182. The molecule has 6 nitrogen and oxygen atoms in total. The third kappa shape index (κ3) is 1.73. The third-order valence-electron chi connectivity index (χ3n) is 2.67. The number of fused-ring (bicyclic) bond motifs is 1. The summed E-state index contributed by atoms with van der Waals surface area (Å²) in [4.78, 5) is 8.54. The normalized spacial score (nSPS) is 10.9. The van der Waals surface area contributed by atoms with Gasteiger partial charge in [0, 0.05) is 38.0 Å². The summed E-state index contributed by atoms with van der Waals surface area (Å²) in [5.41, 5.74) is 1.93. The monoisotopic (exact) mass is 228 g/mol. The molecule has 0 amide bonds. The van der Waals surface area contributed by atoms with Gasteiger partial charge >= 0.3 is 0 Å². The SMILES string of the molecule is Cn1nccc1CNc1nccn2ccnc12. The zero-order chi connectivity index (χ0) is 11.7. The predicted octanol–water partition coefficient (Wildman–Crippen LogP) is 1.07. The topological polar surface area (TPSA) is 60.0 Å². The first kappa shape index (κ1) is 9.83. The minimum absolute atomic E-state index is 0.677. The molecular formula is C11H12N6. The Morgan fingerprint density at radius 3 is 2.76 bits per heavy atom. The molecule has 86 valence electrons. The number of hydrogen-bond acceptors (Lipinski definition) is 4. The fourth-order valence-corrected chi connectivity index (χ4v) is 1.73. The van der Waals surface area contributed by atoms with Crippen LogP contribution in [0.5, 0.6) is 0 Å². The second-order valence-corrected chi connectivity index (χ2v) is 3.73. The Balaban J connectivity index is 1.86. The van der Waals surface area contributed by atoms with Crippen molar-refractivity contribution in [1.82, 2.24) is 24.1 Å². The highest BCUT2D eigenvalue weighted by molar-refractivity contribution is 5.62. The second kappa shape index (κ2) is 3.89. The summed E-state index contributed by atoms with van der Waals surface area (Å²) in [5, 5.41) is 7.38. The van der Waals surface area contributed by atoms with Gasteiger partial charge in [0.05, 0.1) is 12.2 Å². The van der Waals surface area contributed by atoms with Crippen LogP contribution >= 0.6 is 0 Å². The van der Waals surface area contributed by atoms with Crippen LogP contribution in [0.2, 0.25) is 0 Å². The van der Waals surface area contributed by atoms with Crippen molar-refractivity contribution in [2.45, 2.75) is 6.54 Å². The first-order chi connectivity index (χ1) is 8.34. The van der Waals surface area contributed by atoms with E-state index in [-0.39, 0.29) is 0 Å². The zero-order valence-corrected chi connectivity index (χ0v) is 9.41. The van der Waals surface area contributed by atoms with E-state index in [0.29, 0.717) is 6.54 Å². The van der Waals surface area contributed by atoms with Gasteiger partial charge in [-0.3, -0.25) is 4.68 Å². The van der Waals surface area contributed by atoms with Crippen molar-refractivity contribution in [1.29, 1.82) is 0 Å². The van der Waals surface area contributed by atoms with Gasteiger partial charge in [0.15, 0.2) is 11.5 Å². The second-order valence-electron chi connectivity index (χ2n) is 3.73. The summed E-state index contributed by atoms with van der Waals surface area (Å²) in [6.45, 7) is 0.677. The summed E-state index contributed by atoms with van der Waals surface area (Å²) in [6, 6.07) is 1.97. The third-order valence-corrected chi connectivity index (χ3v) is 2.67. The summed E-state index contributed by atoms with van der Waals surface area (Å²) in [6.07, 6.45) is 9.05. The molecule has 0 atom stereocenters. The summed E-state index contributed by atoms with van der Waals surface area (Å²) >= 11 is 0. The zero-order valence-electron chi connectivity index (χ0n) is 9.41. The molecule has 0 radical (unpaired) electrons. The number of aryl methyl sites for hydroxylation is 1. The molecule has 0 fully saturated rings. The molecule has 17 heavy (non-hydrogen) atoms. The minimum Gasteiger partial charge on any atom is -0.361 e. The van der Waals surface area contributed by atoms with E-state index in [1.54, 1.807) is 18.6 Å². The van der Waals surface area contributed by atoms with E-state index in [0.717, 1.165) is 17.2 Å². The standard InChI is InChI=1S/C11H12N6/c1-16-9(2-3-15-16)8-14-10-11-13-5-7-17(11)6-4-12-10/h2-7H,8H2,1H3,(H,12,14). The van der Waals surface area contributed by atoms with Crippen LogP contribution in [0.25, 0.3) is 5.65 Å². The number of nitrogens with zero attached hydrogens (tertiary/aromatic N) is 5. The molecule has 0 unspecified atom stereocenters. The Bertz CT molecular complexity index is 638. The van der Waals surface area contributed by atoms with E-state index >= 15 is 0 Å². The van der Waals surface area contributed by atoms with Crippen LogP contribution in [0.1, 0.15) is 5.69 Å². The molecule has 1 N–H and O–H groups in total. The van der Waals surface area contributed by atoms with Gasteiger partial charge in [0.1, 0.15) is 0 Å². The lowest BCUT2D eigenvalue weighted by Crippen LogP contribution is -2.07. The van der Waals surface area contributed by atoms with Crippen LogP contribution in [-0.2, 0) is 13.6 Å². The van der Waals surface area contributed by atoms with Gasteiger partial charge in [0.25, 0.3) is 0 Å². The molecule has 0 aliphatic heterocycles. The van der Waals surface area contributed by atoms with Crippen molar-refractivity contribution in [3.8, 4) is 0 Å². The lowest BCUT2D eigenvalue weighted by Gasteiger charge is -2.06. The van der Waals surface area contributed by atoms with E-state index in [2.05, 4.69) is 20.4 Å². The van der Waals surface area contributed by atoms with Gasteiger partial charge in [-0.25, -0.2) is 9.97 Å². The molecule has 0 saturated heterocycles. The van der Waals surface area contributed by atoms with Crippen molar-refractivity contribution in [2.24, 2.45) is 7.05 Å². The van der Waals surface area contributed by atoms with Crippen LogP contribution in [0, 0.1) is 0 Å². The lowest BCUT2D eigenvalue weighted by molar-refractivity contribution is 0.720. The van der Waals surface area contributed by atoms with Crippen molar-refractivity contribution in [3.05, 3.63) is 42.7 Å². The van der Waals surface area contributed by atoms with Crippen molar-refractivity contribution < 1.29 is 0 Å². The maximum atomic E-state index is 4.28. The molecule has 3 heterocycles. The molecule has 0 saturated carbocycles. The molecule has 3 aromatic heterocycles. The number of nitrogens with one attached hydrogen (secondary N) is 1. The number of aromatic nitrogens is 5. The van der Waals surface area contributed by atoms with Gasteiger partial charge in [0.2, 0.25) is 0 Å². The Labute approximate surface area is 97.9 Å². The van der Waals surface area contributed by atoms with Crippen molar-refractivity contribution in [3.63, 3.8) is 0 Å². The maximum Gasteiger partial charge on any atom is 0.180 e. The average molecular weight is 228 g/mol. The number of hydrogen-bond donors (Lipinski definition) is 1. The van der Waals surface area contributed by atoms with Crippen molar-refractivity contribution >= 4 is 11.5 Å². The fourth-order valence-electron chi connectivity index (χ4n) is 1.73. The number of anilines is 1. The first-order valence-corrected chi connectivity index (χ1v) is 5.33. The van der Waals surface area contributed by atoms with Crippen LogP contribution < -0.4 is 5.32 Å². The van der Waals surface area contributed by atoms with Gasteiger partial charge < -0.3 is 9.72 Å². The Hall–Kier alpha value is -2.37. The van der Waals surface area contributed by atoms with Gasteiger partial charge in [-0.15, -0.1) is 0 Å². The molecule has 3 aromatic rings. The minimum atomic E-state index is 0.677. The van der Waals surface area contributed by atoms with E-state index in [4.69, 9.17) is 0 Å². The highest BCUT2D eigenvalue weighted by Crippen LogP contribution is 2.11. The first-order valence-electron chi connectivity index (χ1n) is 5.33. The Kier molecular flexibility index (Phi) is 2.25. The average Bonchev–Trinajstić information content (AvgIpc) is 2.95. The highest BCUT2D eigenvalue weighted by Gasteiger charge is 2.04. The number of rotatable bonds is 3. The van der Waals surface area contributed by atoms with Gasteiger partial charge in [-0.05, 0) is 6.07 Å². The van der Waals surface area contributed by atoms with Crippen molar-refractivity contribution in [2.75, 3.05) is 5.32 Å². The highest BCUT2D eigenvalue weighted by atomic mass is 15.3. The predicted molar refractivity (Wildman–Crippen MR) is 63.5 cm³/mol. The smallest absolute Gasteiger partial charge is 0.180 e. The van der Waals surface area contributed by atoms with Crippen LogP contribution in [0.15, 0.2) is 37.1 Å². The van der Waals surface area contributed by atoms with Crippen LogP contribution in [0.3, 0.4) is 0 Å². The number of imidazole rings is 1. The van der Waals surface area contributed by atoms with E-state index in [9.17, 15) is 0 Å². The Morgan fingerprint density at radius 2 is 2.00 bits per heavy atom. The molecule has 0 aliphatic carbocycles. The molecular weight excluding hydrogens is 216 g/mol. The van der Waals surface area contributed by atoms with Gasteiger partial charge in [-0.2, -0.15) is 5.10 Å². The van der Waals surface area contributed by atoms with E-state index in [1.807, 2.05) is 34.6 Å². The molecule has 0 spiro atoms. The summed E-state index contributed by atoms with van der Waals surface area (Å²) in [5.74, 6) is 0.777. The molecule has 6 heteroatoms. The molecule has 0 bridgehead atoms. The van der Waals surface area contributed by atoms with E-state index < -0.39 is 0 Å². The quantitative estimate of drug-likeness (QED) is 0.728. The molecule has 3 rings (SSSR count). The maximum absolute atomic E-state index is 4.28.